The van der Waals surface area contributed by atoms with E-state index in [0.717, 1.165) is 11.8 Å². The normalized spacial score (nSPS) is 14.8. The summed E-state index contributed by atoms with van der Waals surface area (Å²) in [6.07, 6.45) is 7.50. The van der Waals surface area contributed by atoms with Crippen molar-refractivity contribution in [2.45, 2.75) is 73.6 Å². The Balaban J connectivity index is 0. The second-order valence-corrected chi connectivity index (χ2v) is 5.23. The van der Waals surface area contributed by atoms with E-state index < -0.39 is 0 Å². The van der Waals surface area contributed by atoms with Gasteiger partial charge in [0.15, 0.2) is 0 Å². The molecule has 0 radical (unpaired) electrons. The van der Waals surface area contributed by atoms with Gasteiger partial charge in [0.1, 0.15) is 0 Å². The first-order valence-electron chi connectivity index (χ1n) is 5.96. The molecule has 0 heterocycles. The molecule has 0 nitrogen and oxygen atoms in total. The van der Waals surface area contributed by atoms with E-state index in [2.05, 4.69) is 41.5 Å². The molecule has 0 aromatic carbocycles. The highest BCUT2D eigenvalue weighted by Crippen LogP contribution is 2.15. The molecule has 0 N–H and O–H groups in total. The Hall–Kier alpha value is 0. The molecule has 1 saturated carbocycles. The summed E-state index contributed by atoms with van der Waals surface area (Å²) in [5.74, 6) is 1.67. The highest BCUT2D eigenvalue weighted by molar-refractivity contribution is 4.51. The van der Waals surface area contributed by atoms with Gasteiger partial charge in [-0.2, -0.15) is 0 Å². The van der Waals surface area contributed by atoms with Crippen LogP contribution in [-0.2, 0) is 0 Å². The molecule has 0 atom stereocenters. The fourth-order valence-corrected chi connectivity index (χ4v) is 0.884. The summed E-state index contributed by atoms with van der Waals surface area (Å²) in [7, 11) is 0. The van der Waals surface area contributed by atoms with Gasteiger partial charge in [0, 0.05) is 0 Å². The average Bonchev–Trinajstić information content (AvgIpc) is 2.35. The first kappa shape index (κ1) is 15.5. The number of rotatable bonds is 0. The van der Waals surface area contributed by atoms with Gasteiger partial charge in [0.05, 0.1) is 0 Å². The van der Waals surface area contributed by atoms with Crippen molar-refractivity contribution in [3.8, 4) is 0 Å². The van der Waals surface area contributed by atoms with Gasteiger partial charge in [0.25, 0.3) is 0 Å². The van der Waals surface area contributed by atoms with Crippen molar-refractivity contribution >= 4 is 0 Å². The molecular weight excluding hydrogens is 156 g/mol. The van der Waals surface area contributed by atoms with E-state index in [0.29, 0.717) is 0 Å². The third-order valence-corrected chi connectivity index (χ3v) is 1.25. The minimum Gasteiger partial charge on any atom is -0.0630 e. The molecule has 1 aliphatic rings. The zero-order valence-corrected chi connectivity index (χ0v) is 10.7. The Bertz CT molecular complexity index is 49.0. The van der Waals surface area contributed by atoms with Gasteiger partial charge >= 0.3 is 0 Å². The molecule has 0 spiro atoms. The SMILES string of the molecule is C1CCCC1.CC(C)C.CC(C)C. The van der Waals surface area contributed by atoms with Gasteiger partial charge in [-0.1, -0.05) is 73.6 Å². The zero-order valence-electron chi connectivity index (χ0n) is 10.7. The van der Waals surface area contributed by atoms with Gasteiger partial charge in [-0.3, -0.25) is 0 Å². The first-order valence-corrected chi connectivity index (χ1v) is 5.96. The largest absolute Gasteiger partial charge is 0.0630 e. The minimum absolute atomic E-state index is 0.833. The van der Waals surface area contributed by atoms with E-state index in [4.69, 9.17) is 0 Å². The third kappa shape index (κ3) is 48.0. The Labute approximate surface area is 86.1 Å². The highest BCUT2D eigenvalue weighted by Gasteiger charge is 1.95. The molecule has 0 bridgehead atoms. The van der Waals surface area contributed by atoms with Gasteiger partial charge in [-0.25, -0.2) is 0 Å². The molecule has 1 rings (SSSR count). The fourth-order valence-electron chi connectivity index (χ4n) is 0.884. The van der Waals surface area contributed by atoms with Gasteiger partial charge in [-0.05, 0) is 11.8 Å². The zero-order chi connectivity index (χ0) is 10.7. The van der Waals surface area contributed by atoms with E-state index >= 15 is 0 Å². The van der Waals surface area contributed by atoms with Crippen LogP contribution in [0.1, 0.15) is 73.6 Å². The Morgan fingerprint density at radius 3 is 0.615 bits per heavy atom. The maximum absolute atomic E-state index is 2.17. The van der Waals surface area contributed by atoms with Crippen molar-refractivity contribution in [2.24, 2.45) is 11.8 Å². The van der Waals surface area contributed by atoms with Crippen LogP contribution >= 0.6 is 0 Å². The molecule has 82 valence electrons. The maximum Gasteiger partial charge on any atom is -0.0500 e. The second kappa shape index (κ2) is 12.0. The lowest BCUT2D eigenvalue weighted by Gasteiger charge is -1.79. The van der Waals surface area contributed by atoms with Crippen molar-refractivity contribution in [2.75, 3.05) is 0 Å². The predicted molar refractivity (Wildman–Crippen MR) is 64.1 cm³/mol. The molecule has 1 fully saturated rings. The van der Waals surface area contributed by atoms with Gasteiger partial charge in [0.2, 0.25) is 0 Å². The summed E-state index contributed by atoms with van der Waals surface area (Å²) in [6, 6.07) is 0. The first-order chi connectivity index (χ1) is 5.96. The molecular formula is C13H30. The number of hydrogen-bond donors (Lipinski definition) is 0. The third-order valence-electron chi connectivity index (χ3n) is 1.25. The molecule has 0 unspecified atom stereocenters. The Morgan fingerprint density at radius 2 is 0.538 bits per heavy atom. The lowest BCUT2D eigenvalue weighted by atomic mass is 10.3. The van der Waals surface area contributed by atoms with Crippen LogP contribution in [0.3, 0.4) is 0 Å². The number of hydrogen-bond acceptors (Lipinski definition) is 0. The average molecular weight is 186 g/mol. The summed E-state index contributed by atoms with van der Waals surface area (Å²) in [6.45, 7) is 13.0. The van der Waals surface area contributed by atoms with E-state index in [-0.39, 0.29) is 0 Å². The molecule has 0 aromatic rings. The lowest BCUT2D eigenvalue weighted by molar-refractivity contribution is 0.736. The molecule has 0 saturated heterocycles. The summed E-state index contributed by atoms with van der Waals surface area (Å²) >= 11 is 0. The summed E-state index contributed by atoms with van der Waals surface area (Å²) < 4.78 is 0. The maximum atomic E-state index is 2.17. The van der Waals surface area contributed by atoms with Crippen LogP contribution in [0.2, 0.25) is 0 Å². The topological polar surface area (TPSA) is 0 Å². The molecule has 0 aromatic heterocycles. The van der Waals surface area contributed by atoms with Crippen LogP contribution in [0.15, 0.2) is 0 Å². The smallest absolute Gasteiger partial charge is 0.0500 e. The van der Waals surface area contributed by atoms with Crippen LogP contribution in [0.4, 0.5) is 0 Å². The van der Waals surface area contributed by atoms with E-state index in [1.54, 1.807) is 0 Å². The highest BCUT2D eigenvalue weighted by atomic mass is 14.0. The van der Waals surface area contributed by atoms with Crippen LogP contribution in [-0.4, -0.2) is 0 Å². The molecule has 1 aliphatic carbocycles. The van der Waals surface area contributed by atoms with Crippen LogP contribution in [0.5, 0.6) is 0 Å². The van der Waals surface area contributed by atoms with Crippen molar-refractivity contribution in [1.82, 2.24) is 0 Å². The van der Waals surface area contributed by atoms with E-state index in [1.165, 1.54) is 32.1 Å². The van der Waals surface area contributed by atoms with Crippen LogP contribution in [0.25, 0.3) is 0 Å². The minimum atomic E-state index is 0.833. The van der Waals surface area contributed by atoms with Crippen molar-refractivity contribution in [1.29, 1.82) is 0 Å². The lowest BCUT2D eigenvalue weighted by Crippen LogP contribution is -1.66. The van der Waals surface area contributed by atoms with Crippen molar-refractivity contribution in [3.63, 3.8) is 0 Å². The summed E-state index contributed by atoms with van der Waals surface area (Å²) in [5.41, 5.74) is 0. The Morgan fingerprint density at radius 1 is 0.462 bits per heavy atom. The van der Waals surface area contributed by atoms with Crippen LogP contribution < -0.4 is 0 Å². The second-order valence-electron chi connectivity index (χ2n) is 5.23. The van der Waals surface area contributed by atoms with Crippen molar-refractivity contribution in [3.05, 3.63) is 0 Å². The van der Waals surface area contributed by atoms with Crippen LogP contribution in [0, 0.1) is 11.8 Å². The monoisotopic (exact) mass is 186 g/mol. The molecule has 0 heteroatoms. The quantitative estimate of drug-likeness (QED) is 0.483. The predicted octanol–water partition coefficient (Wildman–Crippen LogP) is 5.28. The van der Waals surface area contributed by atoms with E-state index in [9.17, 15) is 0 Å². The summed E-state index contributed by atoms with van der Waals surface area (Å²) in [4.78, 5) is 0. The van der Waals surface area contributed by atoms with E-state index in [1.807, 2.05) is 0 Å². The Kier molecular flexibility index (Phi) is 14.3. The fraction of sp³-hybridized carbons (Fsp3) is 1.00. The molecule has 0 aliphatic heterocycles. The van der Waals surface area contributed by atoms with Gasteiger partial charge in [-0.15, -0.1) is 0 Å². The summed E-state index contributed by atoms with van der Waals surface area (Å²) in [5, 5.41) is 0. The van der Waals surface area contributed by atoms with Gasteiger partial charge < -0.3 is 0 Å². The molecule has 13 heavy (non-hydrogen) atoms. The molecule has 0 amide bonds. The standard InChI is InChI=1S/C5H10.2C4H10/c1-2-4-5-3-1;2*1-4(2)3/h1-5H2;2*4H,1-3H3. The van der Waals surface area contributed by atoms with Crippen molar-refractivity contribution < 1.29 is 0 Å².